The summed E-state index contributed by atoms with van der Waals surface area (Å²) >= 11 is 5.96. The van der Waals surface area contributed by atoms with Gasteiger partial charge in [0.1, 0.15) is 6.54 Å². The molecule has 0 fully saturated rings. The monoisotopic (exact) mass is 503 g/mol. The highest BCUT2D eigenvalue weighted by Gasteiger charge is 2.33. The Morgan fingerprint density at radius 3 is 2.24 bits per heavy atom. The van der Waals surface area contributed by atoms with E-state index < -0.39 is 39.9 Å². The molecule has 11 heteroatoms. The average Bonchev–Trinajstić information content (AvgIpc) is 2.70. The molecule has 1 amide bonds. The highest BCUT2D eigenvalue weighted by atomic mass is 35.5. The lowest BCUT2D eigenvalue weighted by Gasteiger charge is -2.25. The van der Waals surface area contributed by atoms with E-state index in [-0.39, 0.29) is 10.4 Å². The molecule has 0 radical (unpaired) electrons. The first-order valence-electron chi connectivity index (χ1n) is 9.83. The van der Waals surface area contributed by atoms with Crippen molar-refractivity contribution in [3.05, 3.63) is 64.7 Å². The molecule has 0 saturated heterocycles. The van der Waals surface area contributed by atoms with E-state index in [1.54, 1.807) is 6.92 Å². The molecule has 180 valence electrons. The number of rotatable bonds is 8. The number of hydrogen-bond donors (Lipinski definition) is 1. The van der Waals surface area contributed by atoms with E-state index in [1.807, 2.05) is 44.2 Å². The minimum absolute atomic E-state index is 0.245. The zero-order valence-electron chi connectivity index (χ0n) is 18.6. The van der Waals surface area contributed by atoms with Crippen LogP contribution in [0.15, 0.2) is 53.6 Å². The van der Waals surface area contributed by atoms with E-state index in [4.69, 9.17) is 11.6 Å². The number of halogens is 4. The van der Waals surface area contributed by atoms with E-state index in [1.165, 1.54) is 0 Å². The number of nitrogens with zero attached hydrogens (tertiary/aromatic N) is 2. The van der Waals surface area contributed by atoms with Gasteiger partial charge in [-0.15, -0.1) is 0 Å². The summed E-state index contributed by atoms with van der Waals surface area (Å²) < 4.78 is 64.2. The molecule has 2 aromatic carbocycles. The van der Waals surface area contributed by atoms with Crippen LogP contribution < -0.4 is 9.73 Å². The number of hydrazone groups is 1. The van der Waals surface area contributed by atoms with Crippen LogP contribution >= 0.6 is 11.6 Å². The summed E-state index contributed by atoms with van der Waals surface area (Å²) in [5.41, 5.74) is 2.12. The third-order valence-corrected chi connectivity index (χ3v) is 6.30. The standard InChI is InChI=1S/C22H25ClF3N3O3S/c1-15(13-21(2,3)16-8-6-5-7-9-16)27-28-20(30)14-29(33(4,31)32)19-12-17(22(24,25)26)10-11-18(19)23/h5-12H,13-14H2,1-4H3,(H,28,30)/b27-15-. The van der Waals surface area contributed by atoms with E-state index in [9.17, 15) is 26.4 Å². The highest BCUT2D eigenvalue weighted by Crippen LogP contribution is 2.36. The van der Waals surface area contributed by atoms with Crippen molar-refractivity contribution in [2.24, 2.45) is 5.10 Å². The van der Waals surface area contributed by atoms with Crippen molar-refractivity contribution < 1.29 is 26.4 Å². The molecule has 0 aliphatic rings. The normalized spacial score (nSPS) is 13.0. The van der Waals surface area contributed by atoms with Crippen LogP contribution in [0.4, 0.5) is 18.9 Å². The Labute approximate surface area is 196 Å². The minimum Gasteiger partial charge on any atom is -0.271 e. The number of carbonyl (C=O) groups is 1. The van der Waals surface area contributed by atoms with Crippen molar-refractivity contribution in [2.75, 3.05) is 17.1 Å². The quantitative estimate of drug-likeness (QED) is 0.407. The van der Waals surface area contributed by atoms with Gasteiger partial charge in [0.25, 0.3) is 5.91 Å². The second-order valence-electron chi connectivity index (χ2n) is 8.24. The van der Waals surface area contributed by atoms with Gasteiger partial charge in [-0.3, -0.25) is 9.10 Å². The fourth-order valence-corrected chi connectivity index (χ4v) is 4.39. The van der Waals surface area contributed by atoms with Crippen molar-refractivity contribution in [3.8, 4) is 0 Å². The topological polar surface area (TPSA) is 78.8 Å². The summed E-state index contributed by atoms with van der Waals surface area (Å²) in [5, 5.41) is 3.78. The largest absolute Gasteiger partial charge is 0.416 e. The predicted octanol–water partition coefficient (Wildman–Crippen LogP) is 4.98. The van der Waals surface area contributed by atoms with Crippen molar-refractivity contribution in [2.45, 2.75) is 38.8 Å². The maximum absolute atomic E-state index is 13.1. The van der Waals surface area contributed by atoms with Crippen LogP contribution in [-0.2, 0) is 26.4 Å². The zero-order chi connectivity index (χ0) is 25.0. The number of anilines is 1. The van der Waals surface area contributed by atoms with Crippen molar-refractivity contribution in [1.29, 1.82) is 0 Å². The van der Waals surface area contributed by atoms with Gasteiger partial charge in [-0.1, -0.05) is 55.8 Å². The molecule has 6 nitrogen and oxygen atoms in total. The number of benzene rings is 2. The van der Waals surface area contributed by atoms with Crippen LogP contribution in [0.25, 0.3) is 0 Å². The Morgan fingerprint density at radius 1 is 1.09 bits per heavy atom. The highest BCUT2D eigenvalue weighted by molar-refractivity contribution is 7.92. The number of carbonyl (C=O) groups excluding carboxylic acids is 1. The van der Waals surface area contributed by atoms with Crippen molar-refractivity contribution in [3.63, 3.8) is 0 Å². The molecule has 2 aromatic rings. The van der Waals surface area contributed by atoms with Gasteiger partial charge in [-0.2, -0.15) is 18.3 Å². The third-order valence-electron chi connectivity index (χ3n) is 4.85. The third kappa shape index (κ3) is 7.46. The second-order valence-corrected chi connectivity index (χ2v) is 10.6. The maximum atomic E-state index is 13.1. The van der Waals surface area contributed by atoms with Gasteiger partial charge in [0.15, 0.2) is 0 Å². The second kappa shape index (κ2) is 10.1. The predicted molar refractivity (Wildman–Crippen MR) is 124 cm³/mol. The Morgan fingerprint density at radius 2 is 1.70 bits per heavy atom. The van der Waals surface area contributed by atoms with Gasteiger partial charge < -0.3 is 0 Å². The Kier molecular flexibility index (Phi) is 8.18. The van der Waals surface area contributed by atoms with Gasteiger partial charge in [0.2, 0.25) is 10.0 Å². The van der Waals surface area contributed by atoms with Gasteiger partial charge in [0.05, 0.1) is 22.5 Å². The Balaban J connectivity index is 2.19. The SMILES string of the molecule is C/C(CC(C)(C)c1ccccc1)=N/NC(=O)CN(c1cc(C(F)(F)F)ccc1Cl)S(C)(=O)=O. The maximum Gasteiger partial charge on any atom is 0.416 e. The van der Waals surface area contributed by atoms with Gasteiger partial charge in [-0.05, 0) is 42.5 Å². The summed E-state index contributed by atoms with van der Waals surface area (Å²) in [4.78, 5) is 12.4. The summed E-state index contributed by atoms with van der Waals surface area (Å²) in [7, 11) is -4.13. The van der Waals surface area contributed by atoms with E-state index in [0.717, 1.165) is 24.0 Å². The smallest absolute Gasteiger partial charge is 0.271 e. The van der Waals surface area contributed by atoms with Gasteiger partial charge >= 0.3 is 6.18 Å². The van der Waals surface area contributed by atoms with Crippen LogP contribution in [0.1, 0.15) is 38.3 Å². The molecule has 0 aliphatic carbocycles. The summed E-state index contributed by atoms with van der Waals surface area (Å²) in [5.74, 6) is -0.828. The van der Waals surface area contributed by atoms with E-state index >= 15 is 0 Å². The van der Waals surface area contributed by atoms with Crippen molar-refractivity contribution in [1.82, 2.24) is 5.43 Å². The summed E-state index contributed by atoms with van der Waals surface area (Å²) in [6.07, 6.45) is -3.43. The minimum atomic E-state index is -4.71. The van der Waals surface area contributed by atoms with Crippen LogP contribution in [0.3, 0.4) is 0 Å². The molecule has 0 aromatic heterocycles. The lowest BCUT2D eigenvalue weighted by atomic mass is 9.80. The Hall–Kier alpha value is -2.59. The first-order valence-corrected chi connectivity index (χ1v) is 12.1. The number of amides is 1. The molecule has 2 rings (SSSR count). The van der Waals surface area contributed by atoms with Crippen LogP contribution in [0, 0.1) is 0 Å². The molecular formula is C22H25ClF3N3O3S. The molecule has 0 bridgehead atoms. The van der Waals surface area contributed by atoms with Crippen LogP contribution in [0.5, 0.6) is 0 Å². The molecule has 0 atom stereocenters. The van der Waals surface area contributed by atoms with Crippen molar-refractivity contribution >= 4 is 38.9 Å². The number of sulfonamides is 1. The van der Waals surface area contributed by atoms with Gasteiger partial charge in [0, 0.05) is 5.71 Å². The molecule has 0 aliphatic heterocycles. The number of hydrogen-bond acceptors (Lipinski definition) is 4. The molecule has 0 unspecified atom stereocenters. The van der Waals surface area contributed by atoms with E-state index in [0.29, 0.717) is 22.5 Å². The molecule has 0 saturated carbocycles. The van der Waals surface area contributed by atoms with Crippen LogP contribution in [0.2, 0.25) is 5.02 Å². The fourth-order valence-electron chi connectivity index (χ4n) is 3.26. The molecule has 0 spiro atoms. The average molecular weight is 504 g/mol. The summed E-state index contributed by atoms with van der Waals surface area (Å²) in [6.45, 7) is 4.95. The van der Waals surface area contributed by atoms with E-state index in [2.05, 4.69) is 10.5 Å². The molecule has 0 heterocycles. The lowest BCUT2D eigenvalue weighted by molar-refractivity contribution is -0.137. The summed E-state index contributed by atoms with van der Waals surface area (Å²) in [6, 6.07) is 12.0. The molecular weight excluding hydrogens is 479 g/mol. The first-order chi connectivity index (χ1) is 15.1. The lowest BCUT2D eigenvalue weighted by Crippen LogP contribution is -2.39. The Bertz CT molecular complexity index is 1130. The first kappa shape index (κ1) is 26.7. The number of alkyl halides is 3. The van der Waals surface area contributed by atoms with Gasteiger partial charge in [-0.25, -0.2) is 13.8 Å². The zero-order valence-corrected chi connectivity index (χ0v) is 20.1. The molecule has 33 heavy (non-hydrogen) atoms. The molecule has 1 N–H and O–H groups in total. The van der Waals surface area contributed by atoms with Crippen LogP contribution in [-0.4, -0.2) is 32.8 Å². The fraction of sp³-hybridized carbons (Fsp3) is 0.364. The number of nitrogens with one attached hydrogen (secondary N) is 1.